The smallest absolute Gasteiger partial charge is 0.277 e. The van der Waals surface area contributed by atoms with E-state index in [4.69, 9.17) is 14.0 Å². The molecule has 0 saturated carbocycles. The molecular weight excluding hydrogens is 362 g/mol. The molecule has 28 heavy (non-hydrogen) atoms. The fraction of sp³-hybridized carbons (Fsp3) is 0.150. The lowest BCUT2D eigenvalue weighted by Gasteiger charge is -2.26. The minimum Gasteiger partial charge on any atom is -0.497 e. The summed E-state index contributed by atoms with van der Waals surface area (Å²) in [5.74, 6) is 1.20. The van der Waals surface area contributed by atoms with Crippen LogP contribution in [-0.4, -0.2) is 37.7 Å². The molecule has 142 valence electrons. The van der Waals surface area contributed by atoms with Crippen LogP contribution in [0.2, 0.25) is 0 Å². The third-order valence-electron chi connectivity index (χ3n) is 4.42. The Kier molecular flexibility index (Phi) is 4.44. The standard InChI is InChI=1S/C20H17N3O5/c1-23-16-9-13(5-8-17(16)27-11-19(23)24)21-20(25)15-10-18(28-22-15)12-3-6-14(26-2)7-4-12/h3-10H,11H2,1-2H3,(H,21,25). The van der Waals surface area contributed by atoms with Gasteiger partial charge in [-0.1, -0.05) is 5.16 Å². The molecule has 0 bridgehead atoms. The van der Waals surface area contributed by atoms with Gasteiger partial charge in [0.25, 0.3) is 11.8 Å². The first-order valence-electron chi connectivity index (χ1n) is 8.51. The molecule has 0 fully saturated rings. The molecule has 8 heteroatoms. The van der Waals surface area contributed by atoms with E-state index in [1.165, 1.54) is 4.90 Å². The molecule has 0 atom stereocenters. The van der Waals surface area contributed by atoms with Gasteiger partial charge in [0.15, 0.2) is 18.1 Å². The van der Waals surface area contributed by atoms with Gasteiger partial charge in [-0.15, -0.1) is 0 Å². The highest BCUT2D eigenvalue weighted by Crippen LogP contribution is 2.33. The number of rotatable bonds is 4. The Balaban J connectivity index is 1.51. The zero-order valence-electron chi connectivity index (χ0n) is 15.3. The SMILES string of the molecule is COc1ccc(-c2cc(C(=O)Nc3ccc4c(c3)N(C)C(=O)CO4)no2)cc1. The first-order valence-corrected chi connectivity index (χ1v) is 8.51. The number of methoxy groups -OCH3 is 1. The average molecular weight is 379 g/mol. The van der Waals surface area contributed by atoms with Crippen LogP contribution in [-0.2, 0) is 4.79 Å². The molecule has 0 aliphatic carbocycles. The summed E-state index contributed by atoms with van der Waals surface area (Å²) in [6.07, 6.45) is 0. The second-order valence-electron chi connectivity index (χ2n) is 6.18. The molecule has 0 radical (unpaired) electrons. The van der Waals surface area contributed by atoms with Crippen molar-refractivity contribution in [3.63, 3.8) is 0 Å². The largest absolute Gasteiger partial charge is 0.497 e. The van der Waals surface area contributed by atoms with E-state index in [0.717, 1.165) is 11.3 Å². The lowest BCUT2D eigenvalue weighted by atomic mass is 10.1. The summed E-state index contributed by atoms with van der Waals surface area (Å²) >= 11 is 0. The van der Waals surface area contributed by atoms with Crippen molar-refractivity contribution in [2.75, 3.05) is 31.0 Å². The number of carbonyl (C=O) groups excluding carboxylic acids is 2. The lowest BCUT2D eigenvalue weighted by Crippen LogP contribution is -2.35. The third-order valence-corrected chi connectivity index (χ3v) is 4.42. The maximum atomic E-state index is 12.5. The van der Waals surface area contributed by atoms with Gasteiger partial charge in [0.1, 0.15) is 11.5 Å². The van der Waals surface area contributed by atoms with E-state index in [9.17, 15) is 9.59 Å². The molecule has 0 spiro atoms. The number of nitrogens with one attached hydrogen (secondary N) is 1. The van der Waals surface area contributed by atoms with Crippen molar-refractivity contribution >= 4 is 23.2 Å². The van der Waals surface area contributed by atoms with Crippen molar-refractivity contribution in [3.8, 4) is 22.8 Å². The Morgan fingerprint density at radius 1 is 1.18 bits per heavy atom. The average Bonchev–Trinajstić information content (AvgIpc) is 3.22. The Bertz CT molecular complexity index is 1040. The number of amides is 2. The fourth-order valence-corrected chi connectivity index (χ4v) is 2.82. The molecule has 3 aromatic rings. The molecule has 1 aliphatic heterocycles. The number of hydrogen-bond donors (Lipinski definition) is 1. The van der Waals surface area contributed by atoms with Crippen LogP contribution in [0.5, 0.6) is 11.5 Å². The van der Waals surface area contributed by atoms with Crippen LogP contribution in [0.1, 0.15) is 10.5 Å². The van der Waals surface area contributed by atoms with Gasteiger partial charge in [0.05, 0.1) is 12.8 Å². The summed E-state index contributed by atoms with van der Waals surface area (Å²) in [6.45, 7) is 0.00226. The van der Waals surface area contributed by atoms with Gasteiger partial charge in [-0.25, -0.2) is 0 Å². The van der Waals surface area contributed by atoms with Crippen LogP contribution in [0.15, 0.2) is 53.1 Å². The van der Waals surface area contributed by atoms with Crippen LogP contribution in [0.25, 0.3) is 11.3 Å². The zero-order valence-corrected chi connectivity index (χ0v) is 15.3. The molecule has 1 aliphatic rings. The van der Waals surface area contributed by atoms with Gasteiger partial charge in [-0.05, 0) is 42.5 Å². The van der Waals surface area contributed by atoms with Crippen molar-refractivity contribution in [3.05, 3.63) is 54.2 Å². The highest BCUT2D eigenvalue weighted by molar-refractivity contribution is 6.04. The minimum atomic E-state index is -0.422. The molecule has 0 saturated heterocycles. The number of likely N-dealkylation sites (N-methyl/N-ethyl adjacent to an activating group) is 1. The molecule has 0 unspecified atom stereocenters. The number of fused-ring (bicyclic) bond motifs is 1. The molecule has 1 N–H and O–H groups in total. The summed E-state index contributed by atoms with van der Waals surface area (Å²) in [5.41, 5.74) is 2.03. The second-order valence-corrected chi connectivity index (χ2v) is 6.18. The van der Waals surface area contributed by atoms with Gasteiger partial charge >= 0.3 is 0 Å². The molecule has 1 aromatic heterocycles. The number of carbonyl (C=O) groups is 2. The van der Waals surface area contributed by atoms with Crippen molar-refractivity contribution in [1.82, 2.24) is 5.16 Å². The first-order chi connectivity index (χ1) is 13.5. The molecular formula is C20H17N3O5. The molecule has 8 nitrogen and oxygen atoms in total. The maximum Gasteiger partial charge on any atom is 0.277 e. The Morgan fingerprint density at radius 3 is 2.71 bits per heavy atom. The molecule has 2 heterocycles. The second kappa shape index (κ2) is 7.07. The normalized spacial score (nSPS) is 12.9. The molecule has 2 aromatic carbocycles. The highest BCUT2D eigenvalue weighted by atomic mass is 16.5. The van der Waals surface area contributed by atoms with Crippen LogP contribution in [0.4, 0.5) is 11.4 Å². The van der Waals surface area contributed by atoms with E-state index in [-0.39, 0.29) is 18.2 Å². The van der Waals surface area contributed by atoms with E-state index in [0.29, 0.717) is 22.9 Å². The monoisotopic (exact) mass is 379 g/mol. The van der Waals surface area contributed by atoms with Gasteiger partial charge in [0, 0.05) is 24.4 Å². The molecule has 2 amide bonds. The van der Waals surface area contributed by atoms with Crippen LogP contribution in [0, 0.1) is 0 Å². The Hall–Kier alpha value is -3.81. The van der Waals surface area contributed by atoms with Gasteiger partial charge in [-0.2, -0.15) is 0 Å². The number of ether oxygens (including phenoxy) is 2. The lowest BCUT2D eigenvalue weighted by molar-refractivity contribution is -0.120. The maximum absolute atomic E-state index is 12.5. The Labute approximate surface area is 160 Å². The van der Waals surface area contributed by atoms with E-state index in [1.807, 2.05) is 12.1 Å². The zero-order chi connectivity index (χ0) is 19.7. The van der Waals surface area contributed by atoms with E-state index >= 15 is 0 Å². The predicted molar refractivity (Wildman–Crippen MR) is 102 cm³/mol. The quantitative estimate of drug-likeness (QED) is 0.749. The fourth-order valence-electron chi connectivity index (χ4n) is 2.82. The predicted octanol–water partition coefficient (Wildman–Crippen LogP) is 2.96. The summed E-state index contributed by atoms with van der Waals surface area (Å²) in [7, 11) is 3.25. The highest BCUT2D eigenvalue weighted by Gasteiger charge is 2.23. The summed E-state index contributed by atoms with van der Waals surface area (Å²) in [6, 6.07) is 13.9. The van der Waals surface area contributed by atoms with Crippen molar-refractivity contribution in [1.29, 1.82) is 0 Å². The van der Waals surface area contributed by atoms with Crippen molar-refractivity contribution < 1.29 is 23.6 Å². The minimum absolute atomic E-state index is 0.00226. The topological polar surface area (TPSA) is 93.9 Å². The number of aromatic nitrogens is 1. The van der Waals surface area contributed by atoms with Crippen LogP contribution < -0.4 is 19.7 Å². The van der Waals surface area contributed by atoms with Gasteiger partial charge in [0.2, 0.25) is 0 Å². The third kappa shape index (κ3) is 3.27. The van der Waals surface area contributed by atoms with Crippen molar-refractivity contribution in [2.24, 2.45) is 0 Å². The van der Waals surface area contributed by atoms with Crippen LogP contribution >= 0.6 is 0 Å². The van der Waals surface area contributed by atoms with E-state index in [2.05, 4.69) is 10.5 Å². The number of hydrogen-bond acceptors (Lipinski definition) is 6. The van der Waals surface area contributed by atoms with Gasteiger partial charge in [-0.3, -0.25) is 9.59 Å². The number of benzene rings is 2. The van der Waals surface area contributed by atoms with Crippen molar-refractivity contribution in [2.45, 2.75) is 0 Å². The number of nitrogens with zero attached hydrogens (tertiary/aromatic N) is 2. The summed E-state index contributed by atoms with van der Waals surface area (Å²) in [4.78, 5) is 25.8. The molecule has 4 rings (SSSR count). The number of anilines is 2. The summed E-state index contributed by atoms with van der Waals surface area (Å²) in [5, 5.41) is 6.59. The van der Waals surface area contributed by atoms with Crippen LogP contribution in [0.3, 0.4) is 0 Å². The first kappa shape index (κ1) is 17.6. The van der Waals surface area contributed by atoms with E-state index < -0.39 is 5.91 Å². The summed E-state index contributed by atoms with van der Waals surface area (Å²) < 4.78 is 15.8. The Morgan fingerprint density at radius 2 is 1.96 bits per heavy atom. The van der Waals surface area contributed by atoms with E-state index in [1.54, 1.807) is 50.6 Å². The van der Waals surface area contributed by atoms with Gasteiger partial charge < -0.3 is 24.2 Å².